The predicted molar refractivity (Wildman–Crippen MR) is 69.0 cm³/mol. The summed E-state index contributed by atoms with van der Waals surface area (Å²) in [6, 6.07) is 6.77. The summed E-state index contributed by atoms with van der Waals surface area (Å²) >= 11 is 0. The number of hydrogen-bond donors (Lipinski definition) is 1. The highest BCUT2D eigenvalue weighted by Crippen LogP contribution is 2.29. The van der Waals surface area contributed by atoms with Crippen molar-refractivity contribution in [2.45, 2.75) is 19.4 Å². The van der Waals surface area contributed by atoms with Gasteiger partial charge in [-0.05, 0) is 26.0 Å². The zero-order chi connectivity index (χ0) is 12.9. The van der Waals surface area contributed by atoms with Crippen LogP contribution in [0.2, 0.25) is 0 Å². The van der Waals surface area contributed by atoms with Crippen LogP contribution in [0.5, 0.6) is 0 Å². The fourth-order valence-corrected chi connectivity index (χ4v) is 2.02. The SMILES string of the molecule is C=C1OB(c2cc3cccc(F)c3[nH]2)OC1(C)C. The van der Waals surface area contributed by atoms with Crippen LogP contribution in [-0.2, 0) is 9.31 Å². The second-order valence-electron chi connectivity index (χ2n) is 4.93. The zero-order valence-corrected chi connectivity index (χ0v) is 10.3. The van der Waals surface area contributed by atoms with E-state index in [-0.39, 0.29) is 5.82 Å². The van der Waals surface area contributed by atoms with Crippen LogP contribution in [0, 0.1) is 5.82 Å². The first kappa shape index (κ1) is 11.4. The first-order chi connectivity index (χ1) is 8.47. The highest BCUT2D eigenvalue weighted by atomic mass is 19.1. The summed E-state index contributed by atoms with van der Waals surface area (Å²) in [6.45, 7) is 7.59. The Labute approximate surface area is 105 Å². The first-order valence-corrected chi connectivity index (χ1v) is 5.78. The number of aromatic nitrogens is 1. The Balaban J connectivity index is 2.01. The standard InChI is InChI=1S/C13H13BFNO2/c1-8-13(2,3)18-14(17-8)11-7-9-5-4-6-10(15)12(9)16-11/h4-7,16H,1H2,2-3H3. The molecular formula is C13H13BFNO2. The minimum absolute atomic E-state index is 0.283. The van der Waals surface area contributed by atoms with Gasteiger partial charge in [0.15, 0.2) is 0 Å². The van der Waals surface area contributed by atoms with Crippen LogP contribution in [0.1, 0.15) is 13.8 Å². The monoisotopic (exact) mass is 245 g/mol. The molecule has 92 valence electrons. The molecule has 0 spiro atoms. The molecule has 1 fully saturated rings. The molecule has 1 saturated heterocycles. The van der Waals surface area contributed by atoms with E-state index < -0.39 is 12.7 Å². The van der Waals surface area contributed by atoms with E-state index in [1.165, 1.54) is 6.07 Å². The summed E-state index contributed by atoms with van der Waals surface area (Å²) in [5, 5.41) is 0.799. The Morgan fingerprint density at radius 1 is 1.39 bits per heavy atom. The average molecular weight is 245 g/mol. The molecule has 0 bridgehead atoms. The van der Waals surface area contributed by atoms with Crippen molar-refractivity contribution >= 4 is 23.6 Å². The number of halogens is 1. The number of hydrogen-bond acceptors (Lipinski definition) is 2. The van der Waals surface area contributed by atoms with Crippen molar-refractivity contribution in [3.05, 3.63) is 42.4 Å². The smallest absolute Gasteiger partial charge is 0.533 e. The van der Waals surface area contributed by atoms with E-state index in [4.69, 9.17) is 9.31 Å². The lowest BCUT2D eigenvalue weighted by atomic mass is 9.85. The molecule has 0 radical (unpaired) electrons. The molecule has 3 nitrogen and oxygen atoms in total. The summed E-state index contributed by atoms with van der Waals surface area (Å²) in [5.74, 6) is 0.293. The van der Waals surface area contributed by atoms with E-state index in [9.17, 15) is 4.39 Å². The summed E-state index contributed by atoms with van der Waals surface area (Å²) in [7, 11) is -0.556. The van der Waals surface area contributed by atoms with Crippen LogP contribution in [-0.4, -0.2) is 17.7 Å². The molecule has 0 saturated carbocycles. The molecule has 5 heteroatoms. The van der Waals surface area contributed by atoms with Gasteiger partial charge in [-0.3, -0.25) is 0 Å². The summed E-state index contributed by atoms with van der Waals surface area (Å²) < 4.78 is 24.9. The van der Waals surface area contributed by atoms with Gasteiger partial charge in [-0.15, -0.1) is 0 Å². The van der Waals surface area contributed by atoms with E-state index in [0.29, 0.717) is 16.9 Å². The predicted octanol–water partition coefficient (Wildman–Crippen LogP) is 2.34. The van der Waals surface area contributed by atoms with E-state index >= 15 is 0 Å². The molecule has 0 aliphatic carbocycles. The van der Waals surface area contributed by atoms with Crippen LogP contribution in [0.25, 0.3) is 10.9 Å². The molecule has 1 N–H and O–H groups in total. The molecule has 1 aliphatic heterocycles. The molecule has 0 amide bonds. The molecule has 1 aromatic heterocycles. The Morgan fingerprint density at radius 3 is 2.78 bits per heavy atom. The van der Waals surface area contributed by atoms with Crippen molar-refractivity contribution in [3.8, 4) is 0 Å². The lowest BCUT2D eigenvalue weighted by Gasteiger charge is -2.15. The van der Waals surface area contributed by atoms with Gasteiger partial charge >= 0.3 is 7.12 Å². The van der Waals surface area contributed by atoms with Crippen molar-refractivity contribution in [2.24, 2.45) is 0 Å². The van der Waals surface area contributed by atoms with Crippen LogP contribution in [0.3, 0.4) is 0 Å². The molecular weight excluding hydrogens is 232 g/mol. The van der Waals surface area contributed by atoms with Gasteiger partial charge in [-0.25, -0.2) is 4.39 Å². The molecule has 1 aliphatic rings. The van der Waals surface area contributed by atoms with Crippen LogP contribution >= 0.6 is 0 Å². The second-order valence-corrected chi connectivity index (χ2v) is 4.93. The number of fused-ring (bicyclic) bond motifs is 1. The van der Waals surface area contributed by atoms with Crippen LogP contribution < -0.4 is 5.59 Å². The summed E-state index contributed by atoms with van der Waals surface area (Å²) in [6.07, 6.45) is 0. The van der Waals surface area contributed by atoms with Crippen LogP contribution in [0.4, 0.5) is 4.39 Å². The van der Waals surface area contributed by atoms with Crippen molar-refractivity contribution in [1.29, 1.82) is 0 Å². The molecule has 18 heavy (non-hydrogen) atoms. The number of para-hydroxylation sites is 1. The van der Waals surface area contributed by atoms with Gasteiger partial charge in [0.25, 0.3) is 0 Å². The maximum Gasteiger partial charge on any atom is 0.580 e. The Hall–Kier alpha value is -1.75. The van der Waals surface area contributed by atoms with Gasteiger partial charge in [-0.1, -0.05) is 18.7 Å². The van der Waals surface area contributed by atoms with Crippen molar-refractivity contribution < 1.29 is 13.7 Å². The molecule has 1 aromatic carbocycles. The first-order valence-electron chi connectivity index (χ1n) is 5.78. The highest BCUT2D eigenvalue weighted by molar-refractivity contribution is 6.62. The molecule has 2 heterocycles. The van der Waals surface area contributed by atoms with E-state index in [0.717, 1.165) is 5.39 Å². The summed E-state index contributed by atoms with van der Waals surface area (Å²) in [5.41, 5.74) is 0.636. The van der Waals surface area contributed by atoms with Crippen molar-refractivity contribution in [2.75, 3.05) is 0 Å². The second kappa shape index (κ2) is 3.62. The number of rotatable bonds is 1. The Bertz CT molecular complexity index is 635. The number of nitrogens with one attached hydrogen (secondary N) is 1. The number of benzene rings is 1. The third-order valence-corrected chi connectivity index (χ3v) is 3.20. The molecule has 0 atom stereocenters. The third-order valence-electron chi connectivity index (χ3n) is 3.20. The van der Waals surface area contributed by atoms with Gasteiger partial charge < -0.3 is 14.3 Å². The zero-order valence-electron chi connectivity index (χ0n) is 10.3. The summed E-state index contributed by atoms with van der Waals surface area (Å²) in [4.78, 5) is 3.00. The molecule has 2 aromatic rings. The highest BCUT2D eigenvalue weighted by Gasteiger charge is 2.43. The van der Waals surface area contributed by atoms with Gasteiger partial charge in [-0.2, -0.15) is 0 Å². The van der Waals surface area contributed by atoms with Crippen molar-refractivity contribution in [1.82, 2.24) is 4.98 Å². The quantitative estimate of drug-likeness (QED) is 0.782. The molecule has 3 rings (SSSR count). The maximum absolute atomic E-state index is 13.6. The minimum atomic E-state index is -0.556. The minimum Gasteiger partial charge on any atom is -0.533 e. The lowest BCUT2D eigenvalue weighted by molar-refractivity contribution is 0.173. The van der Waals surface area contributed by atoms with E-state index in [1.807, 2.05) is 26.0 Å². The lowest BCUT2D eigenvalue weighted by Crippen LogP contribution is -2.35. The maximum atomic E-state index is 13.6. The number of H-pyrrole nitrogens is 1. The molecule has 0 unspecified atom stereocenters. The van der Waals surface area contributed by atoms with Gasteiger partial charge in [0.1, 0.15) is 11.4 Å². The fraction of sp³-hybridized carbons (Fsp3) is 0.231. The van der Waals surface area contributed by atoms with E-state index in [1.54, 1.807) is 6.07 Å². The fourth-order valence-electron chi connectivity index (χ4n) is 2.02. The van der Waals surface area contributed by atoms with Gasteiger partial charge in [0.05, 0.1) is 16.9 Å². The van der Waals surface area contributed by atoms with Crippen LogP contribution in [0.15, 0.2) is 36.6 Å². The third kappa shape index (κ3) is 1.63. The topological polar surface area (TPSA) is 34.2 Å². The van der Waals surface area contributed by atoms with Gasteiger partial charge in [0, 0.05) is 5.39 Å². The average Bonchev–Trinajstić information content (AvgIpc) is 2.82. The van der Waals surface area contributed by atoms with E-state index in [2.05, 4.69) is 11.6 Å². The Morgan fingerprint density at radius 2 is 2.17 bits per heavy atom. The Kier molecular flexibility index (Phi) is 2.28. The van der Waals surface area contributed by atoms with Gasteiger partial charge in [0.2, 0.25) is 0 Å². The normalized spacial score (nSPS) is 18.4. The largest absolute Gasteiger partial charge is 0.580 e. The van der Waals surface area contributed by atoms with Crippen molar-refractivity contribution in [3.63, 3.8) is 0 Å². The number of aromatic amines is 1.